The fraction of sp³-hybridized carbons (Fsp3) is 0.471. The van der Waals surface area contributed by atoms with Crippen molar-refractivity contribution in [1.82, 2.24) is 19.7 Å². The Morgan fingerprint density at radius 1 is 1.33 bits per heavy atom. The first-order valence-electron chi connectivity index (χ1n) is 8.33. The van der Waals surface area contributed by atoms with Gasteiger partial charge >= 0.3 is 0 Å². The smallest absolute Gasteiger partial charge is 0.245 e. The molecule has 0 aromatic carbocycles. The summed E-state index contributed by atoms with van der Waals surface area (Å²) >= 11 is 0. The van der Waals surface area contributed by atoms with Crippen molar-refractivity contribution in [3.8, 4) is 0 Å². The van der Waals surface area contributed by atoms with Gasteiger partial charge in [0.1, 0.15) is 5.82 Å². The lowest BCUT2D eigenvalue weighted by Gasteiger charge is -2.32. The van der Waals surface area contributed by atoms with Gasteiger partial charge < -0.3 is 5.73 Å². The van der Waals surface area contributed by atoms with Crippen LogP contribution in [0.5, 0.6) is 0 Å². The number of amides is 1. The number of pyridine rings is 1. The minimum atomic E-state index is -0.0898. The van der Waals surface area contributed by atoms with Crippen LogP contribution in [0.3, 0.4) is 0 Å². The van der Waals surface area contributed by atoms with E-state index in [0.717, 1.165) is 54.4 Å². The van der Waals surface area contributed by atoms with Crippen molar-refractivity contribution < 1.29 is 4.79 Å². The number of nitrogens with two attached hydrogens (primary N) is 1. The van der Waals surface area contributed by atoms with Gasteiger partial charge in [0, 0.05) is 62.3 Å². The van der Waals surface area contributed by atoms with Gasteiger partial charge in [0.05, 0.1) is 11.7 Å². The molecule has 2 aromatic heterocycles. The molecule has 4 heterocycles. The highest BCUT2D eigenvalue weighted by molar-refractivity contribution is 5.98. The number of hydrogen-bond acceptors (Lipinski definition) is 5. The molecule has 1 atom stereocenters. The Labute approximate surface area is 141 Å². The van der Waals surface area contributed by atoms with E-state index in [9.17, 15) is 4.79 Å². The van der Waals surface area contributed by atoms with Crippen LogP contribution < -0.4 is 10.6 Å². The molecule has 0 aliphatic carbocycles. The quantitative estimate of drug-likeness (QED) is 0.886. The Morgan fingerprint density at radius 2 is 2.17 bits per heavy atom. The molecule has 2 aromatic rings. The largest absolute Gasteiger partial charge is 0.398 e. The molecule has 0 bridgehead atoms. The highest BCUT2D eigenvalue weighted by atomic mass is 16.2. The van der Waals surface area contributed by atoms with Gasteiger partial charge in [-0.25, -0.2) is 0 Å². The predicted molar refractivity (Wildman–Crippen MR) is 91.5 cm³/mol. The second-order valence-electron chi connectivity index (χ2n) is 6.61. The number of nitrogens with zero attached hydrogens (tertiary/aromatic N) is 5. The first-order valence-corrected chi connectivity index (χ1v) is 8.33. The second kappa shape index (κ2) is 5.59. The molecule has 0 radical (unpaired) electrons. The molecule has 7 heteroatoms. The number of hydrogen-bond donors (Lipinski definition) is 1. The monoisotopic (exact) mass is 326 g/mol. The SMILES string of the molecule is Cc1cc(N2CCC(N3CCc4nccc(N)c4C3)C2=O)n(C)n1. The molecule has 2 aliphatic heterocycles. The summed E-state index contributed by atoms with van der Waals surface area (Å²) in [4.78, 5) is 21.5. The van der Waals surface area contributed by atoms with E-state index < -0.39 is 0 Å². The summed E-state index contributed by atoms with van der Waals surface area (Å²) in [5.74, 6) is 1.03. The maximum absolute atomic E-state index is 13.0. The zero-order chi connectivity index (χ0) is 16.8. The molecule has 24 heavy (non-hydrogen) atoms. The number of aryl methyl sites for hydroxylation is 2. The van der Waals surface area contributed by atoms with Gasteiger partial charge in [-0.05, 0) is 19.4 Å². The van der Waals surface area contributed by atoms with Crippen molar-refractivity contribution in [1.29, 1.82) is 0 Å². The summed E-state index contributed by atoms with van der Waals surface area (Å²) in [7, 11) is 1.88. The first-order chi connectivity index (χ1) is 11.5. The van der Waals surface area contributed by atoms with E-state index in [1.165, 1.54) is 0 Å². The van der Waals surface area contributed by atoms with Gasteiger partial charge in [-0.1, -0.05) is 0 Å². The molecule has 1 fully saturated rings. The molecule has 1 unspecified atom stereocenters. The maximum Gasteiger partial charge on any atom is 0.245 e. The molecule has 2 N–H and O–H groups in total. The molecule has 2 aliphatic rings. The van der Waals surface area contributed by atoms with Crippen molar-refractivity contribution >= 4 is 17.4 Å². The van der Waals surface area contributed by atoms with Crippen LogP contribution in [0.2, 0.25) is 0 Å². The van der Waals surface area contributed by atoms with Gasteiger partial charge in [0.2, 0.25) is 5.91 Å². The van der Waals surface area contributed by atoms with Crippen molar-refractivity contribution in [2.75, 3.05) is 23.7 Å². The molecular formula is C17H22N6O. The molecule has 4 rings (SSSR count). The second-order valence-corrected chi connectivity index (χ2v) is 6.61. The molecule has 1 saturated heterocycles. The molecule has 7 nitrogen and oxygen atoms in total. The lowest BCUT2D eigenvalue weighted by Crippen LogP contribution is -2.45. The number of rotatable bonds is 2. The highest BCUT2D eigenvalue weighted by Crippen LogP contribution is 2.29. The predicted octanol–water partition coefficient (Wildman–Crippen LogP) is 0.869. The molecule has 0 spiro atoms. The minimum Gasteiger partial charge on any atom is -0.398 e. The number of fused-ring (bicyclic) bond motifs is 1. The van der Waals surface area contributed by atoms with Gasteiger partial charge in [-0.2, -0.15) is 5.10 Å². The molecule has 0 saturated carbocycles. The van der Waals surface area contributed by atoms with Gasteiger partial charge in [0.25, 0.3) is 0 Å². The normalized spacial score (nSPS) is 21.3. The van der Waals surface area contributed by atoms with E-state index in [2.05, 4.69) is 15.0 Å². The summed E-state index contributed by atoms with van der Waals surface area (Å²) in [5.41, 5.74) is 9.94. The van der Waals surface area contributed by atoms with Crippen LogP contribution >= 0.6 is 0 Å². The van der Waals surface area contributed by atoms with E-state index in [1.54, 1.807) is 10.9 Å². The summed E-state index contributed by atoms with van der Waals surface area (Å²) in [6, 6.07) is 3.71. The number of carbonyl (C=O) groups is 1. The minimum absolute atomic E-state index is 0.0898. The van der Waals surface area contributed by atoms with E-state index >= 15 is 0 Å². The summed E-state index contributed by atoms with van der Waals surface area (Å²) in [6.45, 7) is 4.22. The number of nitrogen functional groups attached to an aromatic ring is 1. The van der Waals surface area contributed by atoms with Crippen LogP contribution in [-0.4, -0.2) is 44.7 Å². The Bertz CT molecular complexity index is 798. The van der Waals surface area contributed by atoms with Crippen molar-refractivity contribution in [3.63, 3.8) is 0 Å². The van der Waals surface area contributed by atoms with Crippen molar-refractivity contribution in [3.05, 3.63) is 35.3 Å². The third-order valence-electron chi connectivity index (χ3n) is 5.05. The van der Waals surface area contributed by atoms with Crippen LogP contribution in [0.1, 0.15) is 23.4 Å². The Balaban J connectivity index is 1.55. The number of aromatic nitrogens is 3. The number of carbonyl (C=O) groups excluding carboxylic acids is 1. The van der Waals surface area contributed by atoms with Crippen LogP contribution in [0.15, 0.2) is 18.3 Å². The lowest BCUT2D eigenvalue weighted by molar-refractivity contribution is -0.122. The zero-order valence-corrected chi connectivity index (χ0v) is 14.1. The Kier molecular flexibility index (Phi) is 3.53. The standard InChI is InChI=1S/C17H22N6O/c1-11-9-16(21(2)20-11)23-8-5-15(17(23)24)22-7-4-14-12(10-22)13(18)3-6-19-14/h3,6,9,15H,4-5,7-8,10H2,1-2H3,(H2,18,19). The maximum atomic E-state index is 13.0. The van der Waals surface area contributed by atoms with E-state index in [1.807, 2.05) is 31.0 Å². The topological polar surface area (TPSA) is 80.3 Å². The molecule has 126 valence electrons. The fourth-order valence-corrected chi connectivity index (χ4v) is 3.83. The van der Waals surface area contributed by atoms with E-state index in [0.29, 0.717) is 6.54 Å². The highest BCUT2D eigenvalue weighted by Gasteiger charge is 2.39. The summed E-state index contributed by atoms with van der Waals surface area (Å²) in [5, 5.41) is 4.35. The summed E-state index contributed by atoms with van der Waals surface area (Å²) in [6.07, 6.45) is 3.44. The number of anilines is 2. The van der Waals surface area contributed by atoms with Crippen LogP contribution in [-0.2, 0) is 24.8 Å². The Morgan fingerprint density at radius 3 is 2.92 bits per heavy atom. The third-order valence-corrected chi connectivity index (χ3v) is 5.05. The van der Waals surface area contributed by atoms with Gasteiger partial charge in [-0.15, -0.1) is 0 Å². The third kappa shape index (κ3) is 2.36. The van der Waals surface area contributed by atoms with E-state index in [4.69, 9.17) is 5.73 Å². The zero-order valence-electron chi connectivity index (χ0n) is 14.1. The van der Waals surface area contributed by atoms with Crippen LogP contribution in [0.4, 0.5) is 11.5 Å². The molecular weight excluding hydrogens is 304 g/mol. The van der Waals surface area contributed by atoms with Gasteiger partial charge in [0.15, 0.2) is 0 Å². The Hall–Kier alpha value is -2.41. The van der Waals surface area contributed by atoms with Crippen LogP contribution in [0.25, 0.3) is 0 Å². The van der Waals surface area contributed by atoms with Gasteiger partial charge in [-0.3, -0.25) is 24.3 Å². The first kappa shape index (κ1) is 15.1. The average Bonchev–Trinajstić information content (AvgIpc) is 3.09. The van der Waals surface area contributed by atoms with Crippen molar-refractivity contribution in [2.24, 2.45) is 7.05 Å². The fourth-order valence-electron chi connectivity index (χ4n) is 3.83. The summed E-state index contributed by atoms with van der Waals surface area (Å²) < 4.78 is 1.78. The van der Waals surface area contributed by atoms with Crippen molar-refractivity contribution in [2.45, 2.75) is 32.4 Å². The van der Waals surface area contributed by atoms with Crippen LogP contribution in [0, 0.1) is 6.92 Å². The lowest BCUT2D eigenvalue weighted by atomic mass is 10.0. The molecule has 1 amide bonds. The average molecular weight is 326 g/mol. The van der Waals surface area contributed by atoms with E-state index in [-0.39, 0.29) is 11.9 Å².